The van der Waals surface area contributed by atoms with E-state index in [9.17, 15) is 4.39 Å². The molecule has 0 saturated heterocycles. The Morgan fingerprint density at radius 1 is 1.18 bits per heavy atom. The second kappa shape index (κ2) is 3.51. The third-order valence-electron chi connectivity index (χ3n) is 1.47. The molecule has 0 fully saturated rings. The molecule has 1 aromatic carbocycles. The summed E-state index contributed by atoms with van der Waals surface area (Å²) in [5, 5.41) is 0. The van der Waals surface area contributed by atoms with Crippen LogP contribution >= 0.6 is 0 Å². The van der Waals surface area contributed by atoms with Gasteiger partial charge in [0.15, 0.2) is 0 Å². The van der Waals surface area contributed by atoms with E-state index < -0.39 is 0 Å². The zero-order valence-corrected chi connectivity index (χ0v) is 6.89. The molecule has 0 atom stereocenters. The molecule has 0 aromatic heterocycles. The van der Waals surface area contributed by atoms with Crippen molar-refractivity contribution in [2.45, 2.75) is 20.3 Å². The Morgan fingerprint density at radius 2 is 1.73 bits per heavy atom. The summed E-state index contributed by atoms with van der Waals surface area (Å²) in [5.41, 5.74) is 1.17. The highest BCUT2D eigenvalue weighted by atomic mass is 19.1. The van der Waals surface area contributed by atoms with Crippen molar-refractivity contribution < 1.29 is 4.39 Å². The van der Waals surface area contributed by atoms with E-state index in [1.165, 1.54) is 23.6 Å². The fraction of sp³-hybridized carbons (Fsp3) is 0.300. The van der Waals surface area contributed by atoms with E-state index in [2.05, 4.69) is 13.8 Å². The third-order valence-corrected chi connectivity index (χ3v) is 1.47. The molecule has 11 heavy (non-hydrogen) atoms. The molecule has 0 unspecified atom stereocenters. The van der Waals surface area contributed by atoms with E-state index in [0.717, 1.165) is 6.42 Å². The Morgan fingerprint density at radius 3 is 2.18 bits per heavy atom. The summed E-state index contributed by atoms with van der Waals surface area (Å²) in [6, 6.07) is 6.64. The minimum Gasteiger partial charge on any atom is -0.207 e. The molecule has 59 valence electrons. The van der Waals surface area contributed by atoms with Gasteiger partial charge in [0.25, 0.3) is 0 Å². The van der Waals surface area contributed by atoms with Crippen molar-refractivity contribution in [1.29, 1.82) is 0 Å². The van der Waals surface area contributed by atoms with E-state index in [-0.39, 0.29) is 5.82 Å². The van der Waals surface area contributed by atoms with Crippen molar-refractivity contribution >= 4 is 0 Å². The van der Waals surface area contributed by atoms with Gasteiger partial charge >= 0.3 is 0 Å². The summed E-state index contributed by atoms with van der Waals surface area (Å²) in [5.74, 6) is 1.18. The fourth-order valence-electron chi connectivity index (χ4n) is 1.01. The second-order valence-electron chi connectivity index (χ2n) is 3.01. The van der Waals surface area contributed by atoms with Crippen molar-refractivity contribution in [2.75, 3.05) is 0 Å². The van der Waals surface area contributed by atoms with Gasteiger partial charge in [-0.1, -0.05) is 26.0 Å². The minimum absolute atomic E-state index is 0.164. The average Bonchev–Trinajstić information content (AvgIpc) is 1.93. The Kier molecular flexibility index (Phi) is 2.64. The Hall–Kier alpha value is -0.850. The molecule has 0 aliphatic carbocycles. The molecule has 0 aliphatic rings. The van der Waals surface area contributed by atoms with Gasteiger partial charge in [0.2, 0.25) is 0 Å². The first kappa shape index (κ1) is 8.25. The van der Waals surface area contributed by atoms with Crippen LogP contribution in [0.1, 0.15) is 19.4 Å². The predicted molar refractivity (Wildman–Crippen MR) is 44.7 cm³/mol. The maximum atomic E-state index is 12.4. The van der Waals surface area contributed by atoms with Crippen molar-refractivity contribution in [3.63, 3.8) is 0 Å². The summed E-state index contributed by atoms with van der Waals surface area (Å²) in [6.45, 7) is 4.15. The summed E-state index contributed by atoms with van der Waals surface area (Å²) in [4.78, 5) is 0. The van der Waals surface area contributed by atoms with Crippen molar-refractivity contribution in [1.82, 2.24) is 0 Å². The molecule has 0 spiro atoms. The van der Waals surface area contributed by atoms with E-state index in [4.69, 9.17) is 0 Å². The molecule has 0 amide bonds. The summed E-state index contributed by atoms with van der Waals surface area (Å²) < 4.78 is 12.4. The van der Waals surface area contributed by atoms with Crippen LogP contribution in [-0.2, 0) is 6.42 Å². The maximum Gasteiger partial charge on any atom is 0.123 e. The van der Waals surface area contributed by atoms with Gasteiger partial charge in [-0.15, -0.1) is 0 Å². The molecule has 1 radical (unpaired) electrons. The number of halogens is 1. The van der Waals surface area contributed by atoms with Crippen LogP contribution in [0.3, 0.4) is 0 Å². The van der Waals surface area contributed by atoms with Crippen molar-refractivity contribution in [3.8, 4) is 0 Å². The average molecular weight is 151 g/mol. The van der Waals surface area contributed by atoms with Gasteiger partial charge in [0.05, 0.1) is 0 Å². The standard InChI is InChI=1S/C10H12F/c1-8(2)7-9-3-5-10(11)6-4-9/h3-6H,7H2,1-2H3. The quantitative estimate of drug-likeness (QED) is 0.609. The Labute approximate surface area is 67.1 Å². The molecule has 0 aliphatic heterocycles. The van der Waals surface area contributed by atoms with Crippen molar-refractivity contribution in [3.05, 3.63) is 41.6 Å². The SMILES string of the molecule is C[C](C)Cc1ccc(F)cc1. The minimum atomic E-state index is -0.164. The molecule has 0 nitrogen and oxygen atoms in total. The van der Waals surface area contributed by atoms with Crippen LogP contribution in [0.2, 0.25) is 0 Å². The second-order valence-corrected chi connectivity index (χ2v) is 3.01. The first-order valence-corrected chi connectivity index (χ1v) is 3.72. The van der Waals surface area contributed by atoms with Gasteiger partial charge in [-0.3, -0.25) is 0 Å². The summed E-state index contributed by atoms with van der Waals surface area (Å²) in [7, 11) is 0. The lowest BCUT2D eigenvalue weighted by Gasteiger charge is -2.02. The lowest BCUT2D eigenvalue weighted by atomic mass is 10.0. The van der Waals surface area contributed by atoms with Gasteiger partial charge in [-0.25, -0.2) is 4.39 Å². The van der Waals surface area contributed by atoms with E-state index in [1.54, 1.807) is 0 Å². The zero-order valence-electron chi connectivity index (χ0n) is 6.89. The first-order chi connectivity index (χ1) is 5.18. The van der Waals surface area contributed by atoms with Crippen LogP contribution in [0, 0.1) is 11.7 Å². The van der Waals surface area contributed by atoms with Crippen LogP contribution in [0.5, 0.6) is 0 Å². The van der Waals surface area contributed by atoms with Gasteiger partial charge in [0.1, 0.15) is 5.82 Å². The maximum absolute atomic E-state index is 12.4. The lowest BCUT2D eigenvalue weighted by molar-refractivity contribution is 0.627. The van der Waals surface area contributed by atoms with Gasteiger partial charge in [-0.2, -0.15) is 0 Å². The van der Waals surface area contributed by atoms with Gasteiger partial charge in [-0.05, 0) is 30.0 Å². The zero-order chi connectivity index (χ0) is 8.27. The fourth-order valence-corrected chi connectivity index (χ4v) is 1.01. The molecule has 1 heteroatoms. The van der Waals surface area contributed by atoms with E-state index in [1.807, 2.05) is 12.1 Å². The predicted octanol–water partition coefficient (Wildman–Crippen LogP) is 2.98. The van der Waals surface area contributed by atoms with E-state index in [0.29, 0.717) is 0 Å². The highest BCUT2D eigenvalue weighted by molar-refractivity contribution is 5.18. The Bertz CT molecular complexity index is 211. The molecule has 0 bridgehead atoms. The summed E-state index contributed by atoms with van der Waals surface area (Å²) >= 11 is 0. The highest BCUT2D eigenvalue weighted by Crippen LogP contribution is 2.09. The van der Waals surface area contributed by atoms with Gasteiger partial charge < -0.3 is 0 Å². The number of rotatable bonds is 2. The molecule has 1 aromatic rings. The van der Waals surface area contributed by atoms with Crippen LogP contribution in [0.25, 0.3) is 0 Å². The number of hydrogen-bond donors (Lipinski definition) is 0. The molecule has 0 heterocycles. The van der Waals surface area contributed by atoms with Crippen LogP contribution in [-0.4, -0.2) is 0 Å². The molecular formula is C10H12F. The third kappa shape index (κ3) is 2.71. The normalized spacial score (nSPS) is 10.5. The Balaban J connectivity index is 2.66. The summed E-state index contributed by atoms with van der Waals surface area (Å²) in [6.07, 6.45) is 0.945. The monoisotopic (exact) mass is 151 g/mol. The number of hydrogen-bond acceptors (Lipinski definition) is 0. The largest absolute Gasteiger partial charge is 0.207 e. The molecule has 0 saturated carbocycles. The smallest absolute Gasteiger partial charge is 0.123 e. The van der Waals surface area contributed by atoms with Crippen LogP contribution < -0.4 is 0 Å². The van der Waals surface area contributed by atoms with E-state index >= 15 is 0 Å². The molecule has 0 N–H and O–H groups in total. The van der Waals surface area contributed by atoms with Crippen LogP contribution in [0.15, 0.2) is 24.3 Å². The first-order valence-electron chi connectivity index (χ1n) is 3.72. The van der Waals surface area contributed by atoms with Crippen molar-refractivity contribution in [2.24, 2.45) is 0 Å². The van der Waals surface area contributed by atoms with Crippen LogP contribution in [0.4, 0.5) is 4.39 Å². The van der Waals surface area contributed by atoms with Gasteiger partial charge in [0, 0.05) is 0 Å². The number of benzene rings is 1. The topological polar surface area (TPSA) is 0 Å². The highest BCUT2D eigenvalue weighted by Gasteiger charge is 1.97. The lowest BCUT2D eigenvalue weighted by Crippen LogP contribution is -1.91. The molecule has 1 rings (SSSR count). The molecular weight excluding hydrogens is 139 g/mol.